The number of carbonyl (C=O) groups is 1. The van der Waals surface area contributed by atoms with E-state index in [1.54, 1.807) is 6.92 Å². The summed E-state index contributed by atoms with van der Waals surface area (Å²) < 4.78 is 0. The average molecular weight is 365 g/mol. The monoisotopic (exact) mass is 364 g/mol. The normalized spacial score (nSPS) is 14.8. The Balaban J connectivity index is 0.000000314. The van der Waals surface area contributed by atoms with Gasteiger partial charge in [0.2, 0.25) is 0 Å². The van der Waals surface area contributed by atoms with E-state index in [0.717, 1.165) is 48.6 Å². The second-order valence-corrected chi connectivity index (χ2v) is 6.76. The van der Waals surface area contributed by atoms with Crippen LogP contribution in [0.5, 0.6) is 0 Å². The van der Waals surface area contributed by atoms with Crippen molar-refractivity contribution in [2.75, 3.05) is 31.1 Å². The van der Waals surface area contributed by atoms with Crippen LogP contribution in [0.25, 0.3) is 0 Å². The van der Waals surface area contributed by atoms with Gasteiger partial charge in [0.05, 0.1) is 0 Å². The highest BCUT2D eigenvalue weighted by Gasteiger charge is 2.16. The molecule has 3 heteroatoms. The summed E-state index contributed by atoms with van der Waals surface area (Å²) in [4.78, 5) is 15.5. The van der Waals surface area contributed by atoms with Crippen molar-refractivity contribution in [2.24, 2.45) is 0 Å². The second-order valence-electron chi connectivity index (χ2n) is 6.76. The molecule has 3 nitrogen and oxygen atoms in total. The molecule has 0 bridgehead atoms. The molecule has 144 valence electrons. The molecule has 0 radical (unpaired) electrons. The van der Waals surface area contributed by atoms with Gasteiger partial charge in [0.1, 0.15) is 0 Å². The van der Waals surface area contributed by atoms with Crippen molar-refractivity contribution in [1.29, 1.82) is 0 Å². The third-order valence-corrected chi connectivity index (χ3v) is 4.75. The molecule has 1 aliphatic rings. The van der Waals surface area contributed by atoms with Crippen molar-refractivity contribution in [2.45, 2.75) is 34.6 Å². The van der Waals surface area contributed by atoms with Crippen LogP contribution in [0.1, 0.15) is 40.2 Å². The maximum Gasteiger partial charge on any atom is 0.155 e. The first kappa shape index (κ1) is 22.3. The first-order valence-electron chi connectivity index (χ1n) is 9.33. The Morgan fingerprint density at radius 1 is 1.07 bits per heavy atom. The van der Waals surface area contributed by atoms with Gasteiger partial charge in [0, 0.05) is 43.1 Å². The molecular formula is C24H32N2O. The van der Waals surface area contributed by atoms with Crippen molar-refractivity contribution in [3.63, 3.8) is 0 Å². The van der Waals surface area contributed by atoms with Crippen molar-refractivity contribution in [1.82, 2.24) is 4.90 Å². The fraction of sp³-hybridized carbons (Fsp3) is 0.375. The van der Waals surface area contributed by atoms with Gasteiger partial charge in [-0.15, -0.1) is 6.42 Å². The molecule has 0 N–H and O–H groups in total. The number of hydrogen-bond donors (Lipinski definition) is 0. The smallest absolute Gasteiger partial charge is 0.155 e. The van der Waals surface area contributed by atoms with Gasteiger partial charge in [-0.3, -0.25) is 4.79 Å². The zero-order valence-electron chi connectivity index (χ0n) is 17.4. The van der Waals surface area contributed by atoms with Crippen molar-refractivity contribution >= 4 is 11.5 Å². The molecule has 1 saturated heterocycles. The fourth-order valence-corrected chi connectivity index (χ4v) is 2.77. The summed E-state index contributed by atoms with van der Waals surface area (Å²) in [5.74, 6) is 2.79. The first-order chi connectivity index (χ1) is 12.8. The van der Waals surface area contributed by atoms with E-state index in [1.807, 2.05) is 45.1 Å². The Hall–Kier alpha value is -2.73. The lowest BCUT2D eigenvalue weighted by Crippen LogP contribution is -2.45. The predicted molar refractivity (Wildman–Crippen MR) is 117 cm³/mol. The molecule has 0 spiro atoms. The number of allylic oxidation sites excluding steroid dienone is 5. The van der Waals surface area contributed by atoms with E-state index in [9.17, 15) is 4.79 Å². The van der Waals surface area contributed by atoms with E-state index in [0.29, 0.717) is 0 Å². The summed E-state index contributed by atoms with van der Waals surface area (Å²) in [5.41, 5.74) is 5.25. The summed E-state index contributed by atoms with van der Waals surface area (Å²) in [6.45, 7) is 17.5. The quantitative estimate of drug-likeness (QED) is 0.435. The van der Waals surface area contributed by atoms with Crippen LogP contribution < -0.4 is 4.90 Å². The minimum atomic E-state index is 0.149. The number of nitrogens with zero attached hydrogens (tertiary/aromatic N) is 2. The van der Waals surface area contributed by atoms with Gasteiger partial charge in [-0.2, -0.15) is 0 Å². The van der Waals surface area contributed by atoms with Gasteiger partial charge < -0.3 is 9.80 Å². The average Bonchev–Trinajstić information content (AvgIpc) is 2.68. The van der Waals surface area contributed by atoms with E-state index in [4.69, 9.17) is 6.42 Å². The van der Waals surface area contributed by atoms with Crippen LogP contribution >= 0.6 is 0 Å². The number of hydrogen-bond acceptors (Lipinski definition) is 3. The van der Waals surface area contributed by atoms with Crippen LogP contribution in [0, 0.1) is 12.3 Å². The summed E-state index contributed by atoms with van der Waals surface area (Å²) in [5, 5.41) is 0. The molecule has 1 aliphatic heterocycles. The van der Waals surface area contributed by atoms with Gasteiger partial charge in [0.15, 0.2) is 5.78 Å². The standard InChI is InChI=1S/C15H18N2.C9H14O/c1-4-14-5-7-15(8-6-14)17-11-9-16(10-12-17)13(2)3;1-5-6-7(2)8(3)9(4)10/h1,5-8H,2,9-12H2,3H3;5-6H,1-4H3/b;6-5-,8-7+. The molecule has 1 aromatic rings. The molecule has 2 rings (SSSR count). The third kappa shape index (κ3) is 7.19. The van der Waals surface area contributed by atoms with E-state index < -0.39 is 0 Å². The Labute approximate surface area is 165 Å². The molecule has 27 heavy (non-hydrogen) atoms. The maximum atomic E-state index is 10.8. The summed E-state index contributed by atoms with van der Waals surface area (Å²) in [6, 6.07) is 8.21. The fourth-order valence-electron chi connectivity index (χ4n) is 2.77. The number of carbonyl (C=O) groups excluding carboxylic acids is 1. The number of benzene rings is 1. The lowest BCUT2D eigenvalue weighted by atomic mass is 10.1. The van der Waals surface area contributed by atoms with Crippen molar-refractivity contribution in [3.8, 4) is 12.3 Å². The van der Waals surface area contributed by atoms with Gasteiger partial charge in [-0.1, -0.05) is 24.7 Å². The summed E-state index contributed by atoms with van der Waals surface area (Å²) >= 11 is 0. The van der Waals surface area contributed by atoms with Crippen LogP contribution in [0.3, 0.4) is 0 Å². The number of Topliss-reactive ketones (excluding diaryl/α,β-unsaturated/α-hetero) is 1. The predicted octanol–water partition coefficient (Wildman–Crippen LogP) is 4.81. The molecule has 0 aliphatic carbocycles. The molecule has 0 unspecified atom stereocenters. The number of terminal acetylenes is 1. The van der Waals surface area contributed by atoms with Crippen molar-refractivity contribution in [3.05, 3.63) is 65.4 Å². The topological polar surface area (TPSA) is 23.6 Å². The molecule has 1 aromatic carbocycles. The molecule has 0 amide bonds. The minimum Gasteiger partial charge on any atom is -0.372 e. The van der Waals surface area contributed by atoms with Gasteiger partial charge in [-0.05, 0) is 70.0 Å². The number of piperazine rings is 1. The van der Waals surface area contributed by atoms with Gasteiger partial charge in [-0.25, -0.2) is 0 Å². The number of anilines is 1. The van der Waals surface area contributed by atoms with Crippen LogP contribution in [0.15, 0.2) is 59.8 Å². The maximum absolute atomic E-state index is 10.8. The van der Waals surface area contributed by atoms with E-state index in [2.05, 4.69) is 41.4 Å². The van der Waals surface area contributed by atoms with Gasteiger partial charge in [0.25, 0.3) is 0 Å². The van der Waals surface area contributed by atoms with Crippen LogP contribution in [-0.4, -0.2) is 36.9 Å². The second kappa shape index (κ2) is 11.1. The van der Waals surface area contributed by atoms with Crippen LogP contribution in [0.2, 0.25) is 0 Å². The minimum absolute atomic E-state index is 0.149. The Morgan fingerprint density at radius 3 is 2.04 bits per heavy atom. The van der Waals surface area contributed by atoms with E-state index in [-0.39, 0.29) is 5.78 Å². The highest BCUT2D eigenvalue weighted by molar-refractivity contribution is 5.93. The Morgan fingerprint density at radius 2 is 1.63 bits per heavy atom. The molecule has 0 saturated carbocycles. The Bertz CT molecular complexity index is 740. The highest BCUT2D eigenvalue weighted by Crippen LogP contribution is 2.18. The molecule has 1 fully saturated rings. The molecular weight excluding hydrogens is 332 g/mol. The molecule has 0 aromatic heterocycles. The molecule has 1 heterocycles. The van der Waals surface area contributed by atoms with Crippen LogP contribution in [-0.2, 0) is 4.79 Å². The number of rotatable bonds is 4. The Kier molecular flexibility index (Phi) is 9.16. The summed E-state index contributed by atoms with van der Waals surface area (Å²) in [7, 11) is 0. The first-order valence-corrected chi connectivity index (χ1v) is 9.33. The molecule has 0 atom stereocenters. The zero-order chi connectivity index (χ0) is 20.4. The zero-order valence-corrected chi connectivity index (χ0v) is 17.4. The SMILES string of the molecule is C#Cc1ccc(N2CCN(C(=C)C)CC2)cc1.C/C=C\C(C)=C(/C)C(C)=O. The number of ketones is 1. The van der Waals surface area contributed by atoms with Crippen LogP contribution in [0.4, 0.5) is 5.69 Å². The largest absolute Gasteiger partial charge is 0.372 e. The van der Waals surface area contributed by atoms with Crippen molar-refractivity contribution < 1.29 is 4.79 Å². The highest BCUT2D eigenvalue weighted by atomic mass is 16.1. The van der Waals surface area contributed by atoms with Gasteiger partial charge >= 0.3 is 0 Å². The van der Waals surface area contributed by atoms with E-state index in [1.165, 1.54) is 5.69 Å². The lowest BCUT2D eigenvalue weighted by Gasteiger charge is -2.37. The third-order valence-electron chi connectivity index (χ3n) is 4.75. The lowest BCUT2D eigenvalue weighted by molar-refractivity contribution is -0.113. The van der Waals surface area contributed by atoms with E-state index >= 15 is 0 Å². The summed E-state index contributed by atoms with van der Waals surface area (Å²) in [6.07, 6.45) is 9.22.